The van der Waals surface area contributed by atoms with Crippen LogP contribution in [0.15, 0.2) is 217 Å². The summed E-state index contributed by atoms with van der Waals surface area (Å²) < 4.78 is 6.18. The van der Waals surface area contributed by atoms with Gasteiger partial charge in [0.15, 0.2) is 0 Å². The maximum Gasteiger partial charge on any atom is 0.135 e. The normalized spacial score (nSPS) is 12.7. The van der Waals surface area contributed by atoms with Crippen molar-refractivity contribution in [3.63, 3.8) is 0 Å². The van der Waals surface area contributed by atoms with E-state index in [-0.39, 0.29) is 5.41 Å². The first-order valence-electron chi connectivity index (χ1n) is 20.4. The number of anilines is 3. The van der Waals surface area contributed by atoms with E-state index in [1.54, 1.807) is 0 Å². The molecular weight excluding hydrogens is 715 g/mol. The van der Waals surface area contributed by atoms with Crippen LogP contribution in [0.1, 0.15) is 25.0 Å². The summed E-state index contributed by atoms with van der Waals surface area (Å²) in [6.45, 7) is 4.72. The van der Waals surface area contributed by atoms with Crippen LogP contribution in [0.2, 0.25) is 0 Å². The van der Waals surface area contributed by atoms with E-state index in [1.807, 2.05) is 12.1 Å². The van der Waals surface area contributed by atoms with Gasteiger partial charge in [-0.3, -0.25) is 0 Å². The quantitative estimate of drug-likeness (QED) is 0.161. The summed E-state index contributed by atoms with van der Waals surface area (Å²) in [5, 5.41) is 2.26. The summed E-state index contributed by atoms with van der Waals surface area (Å²) in [7, 11) is 0. The van der Waals surface area contributed by atoms with Gasteiger partial charge >= 0.3 is 0 Å². The molecule has 0 fully saturated rings. The van der Waals surface area contributed by atoms with Crippen LogP contribution in [0, 0.1) is 0 Å². The highest BCUT2D eigenvalue weighted by atomic mass is 16.3. The highest BCUT2D eigenvalue weighted by molar-refractivity contribution is 6.06. The van der Waals surface area contributed by atoms with Gasteiger partial charge in [0.1, 0.15) is 11.2 Å². The van der Waals surface area contributed by atoms with Crippen molar-refractivity contribution in [3.8, 4) is 55.6 Å². The topological polar surface area (TPSA) is 16.4 Å². The number of para-hydroxylation sites is 1. The second-order valence-electron chi connectivity index (χ2n) is 16.1. The van der Waals surface area contributed by atoms with Crippen LogP contribution in [0.3, 0.4) is 0 Å². The van der Waals surface area contributed by atoms with Gasteiger partial charge in [-0.1, -0.05) is 178 Å². The molecule has 0 atom stereocenters. The van der Waals surface area contributed by atoms with Crippen molar-refractivity contribution in [2.75, 3.05) is 4.90 Å². The molecule has 0 unspecified atom stereocenters. The Morgan fingerprint density at radius 3 is 1.71 bits per heavy atom. The van der Waals surface area contributed by atoms with Gasteiger partial charge in [-0.15, -0.1) is 0 Å². The molecule has 1 heterocycles. The van der Waals surface area contributed by atoms with Gasteiger partial charge in [-0.05, 0) is 110 Å². The molecule has 0 radical (unpaired) electrons. The first-order chi connectivity index (χ1) is 29.0. The van der Waals surface area contributed by atoms with Gasteiger partial charge in [0, 0.05) is 33.1 Å². The van der Waals surface area contributed by atoms with E-state index in [4.69, 9.17) is 4.42 Å². The Morgan fingerprint density at radius 2 is 0.932 bits per heavy atom. The summed E-state index contributed by atoms with van der Waals surface area (Å²) >= 11 is 0. The predicted octanol–water partition coefficient (Wildman–Crippen LogP) is 16.0. The molecule has 0 spiro atoms. The molecule has 1 aliphatic rings. The molecule has 0 aliphatic heterocycles. The summed E-state index contributed by atoms with van der Waals surface area (Å²) in [6, 6.07) is 77.1. The first kappa shape index (κ1) is 34.8. The molecule has 0 bridgehead atoms. The van der Waals surface area contributed by atoms with Crippen LogP contribution in [0.25, 0.3) is 77.6 Å². The Labute approximate surface area is 345 Å². The van der Waals surface area contributed by atoms with Crippen molar-refractivity contribution < 1.29 is 4.42 Å². The zero-order chi connectivity index (χ0) is 39.5. The second kappa shape index (κ2) is 13.9. The van der Waals surface area contributed by atoms with Crippen molar-refractivity contribution in [3.05, 3.63) is 223 Å². The van der Waals surface area contributed by atoms with Gasteiger partial charge in [-0.2, -0.15) is 0 Å². The average molecular weight is 756 g/mol. The molecule has 280 valence electrons. The predicted molar refractivity (Wildman–Crippen MR) is 248 cm³/mol. The zero-order valence-electron chi connectivity index (χ0n) is 33.1. The first-order valence-corrected chi connectivity index (χ1v) is 20.4. The lowest BCUT2D eigenvalue weighted by Gasteiger charge is -2.31. The molecule has 59 heavy (non-hydrogen) atoms. The fourth-order valence-corrected chi connectivity index (χ4v) is 9.41. The minimum Gasteiger partial charge on any atom is -0.456 e. The third-order valence-electron chi connectivity index (χ3n) is 12.3. The summed E-state index contributed by atoms with van der Waals surface area (Å²) in [4.78, 5) is 2.47. The van der Waals surface area contributed by atoms with Gasteiger partial charge in [0.2, 0.25) is 0 Å². The lowest BCUT2D eigenvalue weighted by Crippen LogP contribution is -2.17. The Kier molecular flexibility index (Phi) is 8.20. The van der Waals surface area contributed by atoms with Crippen LogP contribution >= 0.6 is 0 Å². The number of fused-ring (bicyclic) bond motifs is 6. The number of rotatable bonds is 7. The summed E-state index contributed by atoms with van der Waals surface area (Å²) in [5.41, 5.74) is 19.7. The highest BCUT2D eigenvalue weighted by Gasteiger charge is 2.36. The Morgan fingerprint density at radius 1 is 0.356 bits per heavy atom. The molecule has 11 rings (SSSR count). The summed E-state index contributed by atoms with van der Waals surface area (Å²) in [6.07, 6.45) is 0. The van der Waals surface area contributed by atoms with Crippen molar-refractivity contribution >= 4 is 39.0 Å². The Balaban J connectivity index is 1.14. The fraction of sp³-hybridized carbons (Fsp3) is 0.0526. The zero-order valence-corrected chi connectivity index (χ0v) is 33.1. The molecule has 1 aliphatic carbocycles. The molecule has 10 aromatic rings. The molecule has 2 nitrogen and oxygen atoms in total. The average Bonchev–Trinajstić information content (AvgIpc) is 3.78. The van der Waals surface area contributed by atoms with E-state index in [0.29, 0.717) is 0 Å². The maximum absolute atomic E-state index is 6.18. The standard InChI is InChI=1S/C57H41NO/c1-57(2)51-25-13-11-21-46(51)47-34-33-43(37-52(47)57)58(42-31-28-38(29-32-42)41-30-35-55-50(36-41)48-22-12-14-27-54(48)59-55)53-26-15-24-45(40-18-7-4-8-19-40)56(53)49-23-10-9-20-44(49)39-16-5-3-6-17-39/h3-37H,1-2H3. The number of furan rings is 1. The second-order valence-corrected chi connectivity index (χ2v) is 16.1. The van der Waals surface area contributed by atoms with Crippen LogP contribution in [-0.4, -0.2) is 0 Å². The van der Waals surface area contributed by atoms with E-state index in [9.17, 15) is 0 Å². The van der Waals surface area contributed by atoms with Crippen LogP contribution in [-0.2, 0) is 5.41 Å². The van der Waals surface area contributed by atoms with Crippen molar-refractivity contribution in [1.82, 2.24) is 0 Å². The lowest BCUT2D eigenvalue weighted by molar-refractivity contribution is 0.660. The smallest absolute Gasteiger partial charge is 0.135 e. The number of benzene rings is 9. The monoisotopic (exact) mass is 755 g/mol. The lowest BCUT2D eigenvalue weighted by atomic mass is 9.82. The van der Waals surface area contributed by atoms with E-state index in [1.165, 1.54) is 55.6 Å². The molecule has 0 N–H and O–H groups in total. The number of hydrogen-bond acceptors (Lipinski definition) is 2. The van der Waals surface area contributed by atoms with Crippen molar-refractivity contribution in [2.24, 2.45) is 0 Å². The third kappa shape index (κ3) is 5.79. The van der Waals surface area contributed by atoms with Crippen LogP contribution < -0.4 is 4.90 Å². The molecule has 0 saturated heterocycles. The van der Waals surface area contributed by atoms with Crippen LogP contribution in [0.5, 0.6) is 0 Å². The molecule has 2 heteroatoms. The van der Waals surface area contributed by atoms with E-state index in [0.717, 1.165) is 50.1 Å². The molecule has 9 aromatic carbocycles. The summed E-state index contributed by atoms with van der Waals surface area (Å²) in [5.74, 6) is 0. The van der Waals surface area contributed by atoms with Gasteiger partial charge in [0.25, 0.3) is 0 Å². The van der Waals surface area contributed by atoms with Crippen molar-refractivity contribution in [1.29, 1.82) is 0 Å². The molecular formula is C57H41NO. The maximum atomic E-state index is 6.18. The van der Waals surface area contributed by atoms with Gasteiger partial charge in [-0.25, -0.2) is 0 Å². The third-order valence-corrected chi connectivity index (χ3v) is 12.3. The molecule has 1 aromatic heterocycles. The van der Waals surface area contributed by atoms with Gasteiger partial charge < -0.3 is 9.32 Å². The number of nitrogens with zero attached hydrogens (tertiary/aromatic N) is 1. The van der Waals surface area contributed by atoms with Gasteiger partial charge in [0.05, 0.1) is 5.69 Å². The Bertz CT molecular complexity index is 3170. The molecule has 0 saturated carbocycles. The minimum absolute atomic E-state index is 0.151. The molecule has 0 amide bonds. The van der Waals surface area contributed by atoms with E-state index in [2.05, 4.69) is 219 Å². The van der Waals surface area contributed by atoms with Crippen LogP contribution in [0.4, 0.5) is 17.1 Å². The van der Waals surface area contributed by atoms with E-state index >= 15 is 0 Å². The largest absolute Gasteiger partial charge is 0.456 e. The van der Waals surface area contributed by atoms with Crippen molar-refractivity contribution in [2.45, 2.75) is 19.3 Å². The highest BCUT2D eigenvalue weighted by Crippen LogP contribution is 2.53. The fourth-order valence-electron chi connectivity index (χ4n) is 9.41. The SMILES string of the molecule is CC1(C)c2ccccc2-c2ccc(N(c3ccc(-c4ccc5oc6ccccc6c5c4)cc3)c3cccc(-c4ccccc4)c3-c3ccccc3-c3ccccc3)cc21. The number of hydrogen-bond donors (Lipinski definition) is 0. The minimum atomic E-state index is -0.151. The van der Waals surface area contributed by atoms with E-state index < -0.39 is 0 Å². The Hall–Kier alpha value is -7.42.